The Bertz CT molecular complexity index is 839. The summed E-state index contributed by atoms with van der Waals surface area (Å²) in [5, 5.41) is 13.2. The molecule has 1 atom stereocenters. The summed E-state index contributed by atoms with van der Waals surface area (Å²) in [6.07, 6.45) is 5.59. The zero-order chi connectivity index (χ0) is 18.8. The van der Waals surface area contributed by atoms with E-state index in [9.17, 15) is 9.59 Å². The number of piperidine rings is 1. The third kappa shape index (κ3) is 3.73. The smallest absolute Gasteiger partial charge is 0.338 e. The van der Waals surface area contributed by atoms with Crippen molar-refractivity contribution in [2.45, 2.75) is 37.8 Å². The van der Waals surface area contributed by atoms with E-state index in [2.05, 4.69) is 17.2 Å². The summed E-state index contributed by atoms with van der Waals surface area (Å²) in [6.45, 7) is 1.96. The Kier molecular flexibility index (Phi) is 4.94. The highest BCUT2D eigenvalue weighted by atomic mass is 16.5. The van der Waals surface area contributed by atoms with E-state index >= 15 is 0 Å². The van der Waals surface area contributed by atoms with Crippen molar-refractivity contribution >= 4 is 11.9 Å². The van der Waals surface area contributed by atoms with Crippen molar-refractivity contribution in [3.05, 3.63) is 53.3 Å². The summed E-state index contributed by atoms with van der Waals surface area (Å²) in [6, 6.07) is 8.31. The van der Waals surface area contributed by atoms with Crippen LogP contribution in [0.4, 0.5) is 0 Å². The van der Waals surface area contributed by atoms with E-state index in [0.29, 0.717) is 26.1 Å². The first kappa shape index (κ1) is 17.7. The summed E-state index contributed by atoms with van der Waals surface area (Å²) >= 11 is 0. The van der Waals surface area contributed by atoms with Crippen LogP contribution in [-0.4, -0.2) is 51.4 Å². The van der Waals surface area contributed by atoms with Gasteiger partial charge in [0.25, 0.3) is 0 Å². The van der Waals surface area contributed by atoms with Crippen LogP contribution in [0, 0.1) is 0 Å². The zero-order valence-electron chi connectivity index (χ0n) is 15.1. The minimum Gasteiger partial charge on any atom is -0.478 e. The van der Waals surface area contributed by atoms with Gasteiger partial charge in [-0.1, -0.05) is 24.3 Å². The first-order chi connectivity index (χ1) is 13.1. The van der Waals surface area contributed by atoms with Gasteiger partial charge in [0.15, 0.2) is 0 Å². The molecule has 0 saturated carbocycles. The van der Waals surface area contributed by atoms with E-state index in [4.69, 9.17) is 9.84 Å². The number of hydrogen-bond acceptors (Lipinski definition) is 4. The van der Waals surface area contributed by atoms with Crippen LogP contribution in [0.3, 0.4) is 0 Å². The molecule has 1 aromatic heterocycles. The monoisotopic (exact) mass is 369 g/mol. The molecular formula is C20H23N3O4. The number of carboxylic acid groups (broad SMARTS) is 1. The molecule has 142 valence electrons. The van der Waals surface area contributed by atoms with Crippen molar-refractivity contribution < 1.29 is 19.4 Å². The number of benzene rings is 1. The van der Waals surface area contributed by atoms with Gasteiger partial charge in [0.1, 0.15) is 0 Å². The van der Waals surface area contributed by atoms with Crippen LogP contribution in [0.1, 0.15) is 52.9 Å². The lowest BCUT2D eigenvalue weighted by Gasteiger charge is -2.34. The molecule has 4 rings (SSSR count). The number of aromatic carboxylic acids is 1. The molecule has 2 aliphatic heterocycles. The van der Waals surface area contributed by atoms with E-state index in [0.717, 1.165) is 24.8 Å². The largest absolute Gasteiger partial charge is 0.478 e. The number of carbonyl (C=O) groups excluding carboxylic acids is 1. The maximum atomic E-state index is 12.8. The standard InChI is InChI=1S/C20H23N3O4/c24-19(11-18-17-4-2-1-3-14(17)7-10-27-18)22-8-5-16(6-9-22)23-13-15(12-21-23)20(25)26/h1-4,12-13,16,18H,5-11H2,(H,25,26). The Morgan fingerprint density at radius 3 is 2.74 bits per heavy atom. The molecule has 1 fully saturated rings. The quantitative estimate of drug-likeness (QED) is 0.895. The number of nitrogens with zero attached hydrogens (tertiary/aromatic N) is 3. The molecule has 1 saturated heterocycles. The number of fused-ring (bicyclic) bond motifs is 1. The lowest BCUT2D eigenvalue weighted by atomic mass is 9.95. The highest BCUT2D eigenvalue weighted by Crippen LogP contribution is 2.31. The Morgan fingerprint density at radius 2 is 2.00 bits per heavy atom. The summed E-state index contributed by atoms with van der Waals surface area (Å²) in [4.78, 5) is 25.6. The number of carbonyl (C=O) groups is 2. The van der Waals surface area contributed by atoms with Gasteiger partial charge >= 0.3 is 5.97 Å². The maximum Gasteiger partial charge on any atom is 0.338 e. The van der Waals surface area contributed by atoms with E-state index in [1.165, 1.54) is 11.8 Å². The van der Waals surface area contributed by atoms with Gasteiger partial charge in [-0.3, -0.25) is 9.48 Å². The van der Waals surface area contributed by atoms with Crippen LogP contribution < -0.4 is 0 Å². The van der Waals surface area contributed by atoms with Crippen LogP contribution in [0.2, 0.25) is 0 Å². The fourth-order valence-electron chi connectivity index (χ4n) is 3.96. The van der Waals surface area contributed by atoms with Crippen molar-refractivity contribution in [2.24, 2.45) is 0 Å². The van der Waals surface area contributed by atoms with Crippen LogP contribution in [0.5, 0.6) is 0 Å². The second-order valence-corrected chi connectivity index (χ2v) is 7.14. The average Bonchev–Trinajstić information content (AvgIpc) is 3.19. The van der Waals surface area contributed by atoms with Gasteiger partial charge in [0.2, 0.25) is 5.91 Å². The second kappa shape index (κ2) is 7.52. The highest BCUT2D eigenvalue weighted by molar-refractivity contribution is 5.86. The first-order valence-electron chi connectivity index (χ1n) is 9.36. The minimum atomic E-state index is -0.971. The van der Waals surface area contributed by atoms with Gasteiger partial charge in [0.05, 0.1) is 36.9 Å². The Hall–Kier alpha value is -2.67. The fraction of sp³-hybridized carbons (Fsp3) is 0.450. The number of hydrogen-bond donors (Lipinski definition) is 1. The van der Waals surface area contributed by atoms with Gasteiger partial charge in [0, 0.05) is 19.3 Å². The predicted molar refractivity (Wildman–Crippen MR) is 97.5 cm³/mol. The molecule has 0 spiro atoms. The highest BCUT2D eigenvalue weighted by Gasteiger charge is 2.29. The third-order valence-corrected chi connectivity index (χ3v) is 5.49. The van der Waals surface area contributed by atoms with Crippen LogP contribution >= 0.6 is 0 Å². The predicted octanol–water partition coefficient (Wildman–Crippen LogP) is 2.45. The minimum absolute atomic E-state index is 0.113. The lowest BCUT2D eigenvalue weighted by molar-refractivity contribution is -0.136. The molecule has 1 unspecified atom stereocenters. The van der Waals surface area contributed by atoms with E-state index in [-0.39, 0.29) is 23.6 Å². The molecular weight excluding hydrogens is 346 g/mol. The third-order valence-electron chi connectivity index (χ3n) is 5.49. The molecule has 7 heteroatoms. The molecule has 0 radical (unpaired) electrons. The van der Waals surface area contributed by atoms with Gasteiger partial charge in [-0.2, -0.15) is 5.10 Å². The molecule has 1 aromatic carbocycles. The second-order valence-electron chi connectivity index (χ2n) is 7.14. The van der Waals surface area contributed by atoms with Crippen LogP contribution in [-0.2, 0) is 16.0 Å². The number of carboxylic acids is 1. The summed E-state index contributed by atoms with van der Waals surface area (Å²) in [5.41, 5.74) is 2.60. The Balaban J connectivity index is 1.34. The van der Waals surface area contributed by atoms with E-state index in [1.807, 2.05) is 17.0 Å². The van der Waals surface area contributed by atoms with Gasteiger partial charge < -0.3 is 14.7 Å². The normalized spacial score (nSPS) is 20.3. The molecule has 2 aliphatic rings. The number of ether oxygens (including phenoxy) is 1. The van der Waals surface area contributed by atoms with E-state index < -0.39 is 5.97 Å². The summed E-state index contributed by atoms with van der Waals surface area (Å²) < 4.78 is 7.58. The van der Waals surface area contributed by atoms with Gasteiger partial charge in [-0.05, 0) is 30.4 Å². The van der Waals surface area contributed by atoms with Crippen molar-refractivity contribution in [3.63, 3.8) is 0 Å². The Morgan fingerprint density at radius 1 is 1.22 bits per heavy atom. The molecule has 7 nitrogen and oxygen atoms in total. The molecule has 1 N–H and O–H groups in total. The van der Waals surface area contributed by atoms with E-state index in [1.54, 1.807) is 10.9 Å². The fourth-order valence-corrected chi connectivity index (χ4v) is 3.96. The SMILES string of the molecule is O=C(O)c1cnn(C2CCN(C(=O)CC3OCCc4ccccc43)CC2)c1. The number of amides is 1. The summed E-state index contributed by atoms with van der Waals surface area (Å²) in [5.74, 6) is -0.858. The lowest BCUT2D eigenvalue weighted by Crippen LogP contribution is -2.40. The summed E-state index contributed by atoms with van der Waals surface area (Å²) in [7, 11) is 0. The van der Waals surface area contributed by atoms with Crippen molar-refractivity contribution in [3.8, 4) is 0 Å². The number of likely N-dealkylation sites (tertiary alicyclic amines) is 1. The molecule has 3 heterocycles. The molecule has 2 aromatic rings. The Labute approximate surface area is 157 Å². The first-order valence-corrected chi connectivity index (χ1v) is 9.36. The maximum absolute atomic E-state index is 12.8. The zero-order valence-corrected chi connectivity index (χ0v) is 15.1. The van der Waals surface area contributed by atoms with Gasteiger partial charge in [-0.25, -0.2) is 4.79 Å². The molecule has 27 heavy (non-hydrogen) atoms. The van der Waals surface area contributed by atoms with Gasteiger partial charge in [-0.15, -0.1) is 0 Å². The van der Waals surface area contributed by atoms with Crippen molar-refractivity contribution in [2.75, 3.05) is 19.7 Å². The van der Waals surface area contributed by atoms with Crippen LogP contribution in [0.15, 0.2) is 36.7 Å². The van der Waals surface area contributed by atoms with Crippen LogP contribution in [0.25, 0.3) is 0 Å². The van der Waals surface area contributed by atoms with Crippen molar-refractivity contribution in [1.29, 1.82) is 0 Å². The average molecular weight is 369 g/mol. The van der Waals surface area contributed by atoms with Crippen molar-refractivity contribution in [1.82, 2.24) is 14.7 Å². The number of aromatic nitrogens is 2. The molecule has 0 aliphatic carbocycles. The number of rotatable bonds is 4. The topological polar surface area (TPSA) is 84.7 Å². The molecule has 1 amide bonds. The molecule has 0 bridgehead atoms.